The number of rotatable bonds is 4. The van der Waals surface area contributed by atoms with Crippen molar-refractivity contribution in [3.8, 4) is 11.5 Å². The van der Waals surface area contributed by atoms with Crippen molar-refractivity contribution in [2.24, 2.45) is 0 Å². The molecule has 2 aliphatic heterocycles. The van der Waals surface area contributed by atoms with Crippen molar-refractivity contribution in [2.75, 3.05) is 19.8 Å². The predicted octanol–water partition coefficient (Wildman–Crippen LogP) is 3.31. The van der Waals surface area contributed by atoms with E-state index in [2.05, 4.69) is 5.10 Å². The molecule has 1 aromatic heterocycles. The lowest BCUT2D eigenvalue weighted by Crippen LogP contribution is -2.31. The van der Waals surface area contributed by atoms with E-state index in [0.29, 0.717) is 31.6 Å². The first-order chi connectivity index (χ1) is 15.2. The Hall–Kier alpha value is -3.35. The lowest BCUT2D eigenvalue weighted by atomic mass is 10.0. The molecule has 3 heterocycles. The Labute approximate surface area is 180 Å². The molecule has 5 rings (SSSR count). The molecule has 0 unspecified atom stereocenters. The van der Waals surface area contributed by atoms with Gasteiger partial charge in [0.25, 0.3) is 0 Å². The molecule has 7 heteroatoms. The molecule has 2 aromatic carbocycles. The zero-order valence-electron chi connectivity index (χ0n) is 17.3. The van der Waals surface area contributed by atoms with E-state index in [-0.39, 0.29) is 17.4 Å². The van der Waals surface area contributed by atoms with Gasteiger partial charge in [0, 0.05) is 24.8 Å². The number of amides is 1. The number of carbonyl (C=O) groups is 1. The molecule has 0 radical (unpaired) electrons. The van der Waals surface area contributed by atoms with Crippen LogP contribution in [0.25, 0.3) is 10.9 Å². The van der Waals surface area contributed by atoms with Crippen molar-refractivity contribution in [1.29, 1.82) is 0 Å². The summed E-state index contributed by atoms with van der Waals surface area (Å²) in [5.41, 5.74) is 1.73. The Morgan fingerprint density at radius 3 is 2.81 bits per heavy atom. The quantitative estimate of drug-likeness (QED) is 0.649. The maximum absolute atomic E-state index is 13.1. The number of hydrogen-bond acceptors (Lipinski definition) is 5. The van der Waals surface area contributed by atoms with Gasteiger partial charge < -0.3 is 14.4 Å². The van der Waals surface area contributed by atoms with E-state index in [4.69, 9.17) is 9.47 Å². The van der Waals surface area contributed by atoms with E-state index in [1.165, 1.54) is 6.20 Å². The fourth-order valence-electron chi connectivity index (χ4n) is 4.48. The molecule has 1 amide bonds. The number of carbonyl (C=O) groups excluding carboxylic acids is 1. The highest BCUT2D eigenvalue weighted by Crippen LogP contribution is 2.38. The SMILES string of the molecule is O=C(CCn1ncc(=O)c2ccccc21)N1CCC[C@H]1c1ccc2c(c1)OCCCO2. The minimum Gasteiger partial charge on any atom is -0.490 e. The number of likely N-dealkylation sites (tertiary alicyclic amines) is 1. The molecule has 3 aromatic rings. The summed E-state index contributed by atoms with van der Waals surface area (Å²) in [7, 11) is 0. The van der Waals surface area contributed by atoms with E-state index in [9.17, 15) is 9.59 Å². The normalized spacial score (nSPS) is 18.2. The minimum atomic E-state index is -0.104. The van der Waals surface area contributed by atoms with Gasteiger partial charge in [0.2, 0.25) is 11.3 Å². The number of aromatic nitrogens is 2. The van der Waals surface area contributed by atoms with Crippen molar-refractivity contribution in [2.45, 2.75) is 38.3 Å². The minimum absolute atomic E-state index is 0.0448. The van der Waals surface area contributed by atoms with Crippen LogP contribution in [0.4, 0.5) is 0 Å². The topological polar surface area (TPSA) is 73.7 Å². The number of para-hydroxylation sites is 1. The molecule has 1 saturated heterocycles. The number of nitrogens with zero attached hydrogens (tertiary/aromatic N) is 3. The van der Waals surface area contributed by atoms with Gasteiger partial charge in [-0.1, -0.05) is 18.2 Å². The number of aryl methyl sites for hydroxylation is 1. The molecule has 1 fully saturated rings. The summed E-state index contributed by atoms with van der Waals surface area (Å²) in [6, 6.07) is 13.4. The van der Waals surface area contributed by atoms with Gasteiger partial charge in [0.15, 0.2) is 11.5 Å². The van der Waals surface area contributed by atoms with Gasteiger partial charge in [-0.25, -0.2) is 0 Å². The van der Waals surface area contributed by atoms with Crippen molar-refractivity contribution >= 4 is 16.8 Å². The highest BCUT2D eigenvalue weighted by atomic mass is 16.5. The first-order valence-electron chi connectivity index (χ1n) is 10.8. The smallest absolute Gasteiger partial charge is 0.224 e. The van der Waals surface area contributed by atoms with Gasteiger partial charge in [-0.2, -0.15) is 5.10 Å². The molecule has 0 bridgehead atoms. The number of ether oxygens (including phenoxy) is 2. The lowest BCUT2D eigenvalue weighted by Gasteiger charge is -2.26. The molecule has 0 N–H and O–H groups in total. The summed E-state index contributed by atoms with van der Waals surface area (Å²) in [6.45, 7) is 2.48. The molecule has 7 nitrogen and oxygen atoms in total. The first kappa shape index (κ1) is 19.6. The number of hydrogen-bond donors (Lipinski definition) is 0. The van der Waals surface area contributed by atoms with Crippen molar-refractivity contribution in [3.63, 3.8) is 0 Å². The second kappa shape index (κ2) is 8.41. The maximum Gasteiger partial charge on any atom is 0.224 e. The third-order valence-electron chi connectivity index (χ3n) is 6.03. The van der Waals surface area contributed by atoms with E-state index in [1.54, 1.807) is 10.7 Å². The summed E-state index contributed by atoms with van der Waals surface area (Å²) in [5, 5.41) is 4.86. The molecule has 0 saturated carbocycles. The second-order valence-electron chi connectivity index (χ2n) is 8.00. The maximum atomic E-state index is 13.1. The monoisotopic (exact) mass is 419 g/mol. The van der Waals surface area contributed by atoms with Gasteiger partial charge in [-0.05, 0) is 42.7 Å². The molecule has 0 spiro atoms. The Kier molecular flexibility index (Phi) is 5.32. The number of fused-ring (bicyclic) bond motifs is 2. The third-order valence-corrected chi connectivity index (χ3v) is 6.03. The van der Waals surface area contributed by atoms with E-state index >= 15 is 0 Å². The average Bonchev–Trinajstić information content (AvgIpc) is 3.17. The summed E-state index contributed by atoms with van der Waals surface area (Å²) in [5.74, 6) is 1.63. The van der Waals surface area contributed by atoms with Crippen LogP contribution in [0.2, 0.25) is 0 Å². The predicted molar refractivity (Wildman–Crippen MR) is 116 cm³/mol. The van der Waals surface area contributed by atoms with Crippen LogP contribution in [0.5, 0.6) is 11.5 Å². The van der Waals surface area contributed by atoms with Crippen LogP contribution < -0.4 is 14.9 Å². The highest BCUT2D eigenvalue weighted by Gasteiger charge is 2.30. The van der Waals surface area contributed by atoms with E-state index in [1.807, 2.05) is 41.3 Å². The summed E-state index contributed by atoms with van der Waals surface area (Å²) in [4.78, 5) is 27.1. The highest BCUT2D eigenvalue weighted by molar-refractivity contribution is 5.79. The van der Waals surface area contributed by atoms with Crippen LogP contribution in [-0.2, 0) is 11.3 Å². The number of benzene rings is 2. The average molecular weight is 419 g/mol. The fourth-order valence-corrected chi connectivity index (χ4v) is 4.48. The summed E-state index contributed by atoms with van der Waals surface area (Å²) < 4.78 is 13.3. The Morgan fingerprint density at radius 2 is 1.90 bits per heavy atom. The van der Waals surface area contributed by atoms with Gasteiger partial charge in [0.1, 0.15) is 0 Å². The van der Waals surface area contributed by atoms with Crippen LogP contribution in [0, 0.1) is 0 Å². The Morgan fingerprint density at radius 1 is 1.06 bits per heavy atom. The van der Waals surface area contributed by atoms with Gasteiger partial charge in [-0.15, -0.1) is 0 Å². The van der Waals surface area contributed by atoms with E-state index in [0.717, 1.165) is 48.4 Å². The molecule has 160 valence electrons. The van der Waals surface area contributed by atoms with Crippen LogP contribution in [0.3, 0.4) is 0 Å². The molecular formula is C24H25N3O4. The molecular weight excluding hydrogens is 394 g/mol. The fraction of sp³-hybridized carbons (Fsp3) is 0.375. The van der Waals surface area contributed by atoms with Gasteiger partial charge in [-0.3, -0.25) is 14.3 Å². The summed E-state index contributed by atoms with van der Waals surface area (Å²) >= 11 is 0. The van der Waals surface area contributed by atoms with Crippen molar-refractivity contribution < 1.29 is 14.3 Å². The van der Waals surface area contributed by atoms with Crippen molar-refractivity contribution in [1.82, 2.24) is 14.7 Å². The van der Waals surface area contributed by atoms with Gasteiger partial charge in [0.05, 0.1) is 37.5 Å². The standard InChI is InChI=1S/C24H25N3O4/c28-21-16-25-27(20-6-2-1-5-18(20)21)12-10-24(29)26-11-3-7-19(26)17-8-9-22-23(15-17)31-14-4-13-30-22/h1-2,5-6,8-9,15-16,19H,3-4,7,10-14H2/t19-/m0/s1. The lowest BCUT2D eigenvalue weighted by molar-refractivity contribution is -0.132. The van der Waals surface area contributed by atoms with E-state index < -0.39 is 0 Å². The zero-order chi connectivity index (χ0) is 21.2. The molecule has 2 aliphatic rings. The Bertz CT molecular complexity index is 1170. The van der Waals surface area contributed by atoms with Crippen LogP contribution in [0.1, 0.15) is 37.3 Å². The van der Waals surface area contributed by atoms with Crippen LogP contribution in [-0.4, -0.2) is 40.3 Å². The second-order valence-corrected chi connectivity index (χ2v) is 8.00. The zero-order valence-corrected chi connectivity index (χ0v) is 17.3. The van der Waals surface area contributed by atoms with Crippen LogP contribution in [0.15, 0.2) is 53.5 Å². The van der Waals surface area contributed by atoms with Crippen LogP contribution >= 0.6 is 0 Å². The summed E-state index contributed by atoms with van der Waals surface area (Å²) in [6.07, 6.45) is 4.44. The van der Waals surface area contributed by atoms with Gasteiger partial charge >= 0.3 is 0 Å². The Balaban J connectivity index is 1.32. The molecule has 1 atom stereocenters. The largest absolute Gasteiger partial charge is 0.490 e. The molecule has 31 heavy (non-hydrogen) atoms. The molecule has 0 aliphatic carbocycles. The third kappa shape index (κ3) is 3.87. The first-order valence-corrected chi connectivity index (χ1v) is 10.8. The van der Waals surface area contributed by atoms with Crippen molar-refractivity contribution in [3.05, 3.63) is 64.4 Å².